The van der Waals surface area contributed by atoms with Gasteiger partial charge in [0.2, 0.25) is 0 Å². The molecule has 2 N–H and O–H groups in total. The molecule has 0 aliphatic carbocycles. The summed E-state index contributed by atoms with van der Waals surface area (Å²) in [6.07, 6.45) is 10.6. The van der Waals surface area contributed by atoms with Crippen LogP contribution in [0.3, 0.4) is 0 Å². The predicted octanol–water partition coefficient (Wildman–Crippen LogP) is 3.80. The summed E-state index contributed by atoms with van der Waals surface area (Å²) in [7, 11) is 0. The lowest BCUT2D eigenvalue weighted by molar-refractivity contribution is 0.0767. The fourth-order valence-corrected chi connectivity index (χ4v) is 3.75. The van der Waals surface area contributed by atoms with E-state index >= 15 is 0 Å². The van der Waals surface area contributed by atoms with E-state index in [1.807, 2.05) is 0 Å². The maximum absolute atomic E-state index is 6.19. The Hall–Kier alpha value is -0.0800. The summed E-state index contributed by atoms with van der Waals surface area (Å²) in [6.45, 7) is 10.3. The molecule has 0 saturated carbocycles. The maximum atomic E-state index is 6.19. The number of likely N-dealkylation sites (tertiary alicyclic amines) is 1. The molecule has 1 rings (SSSR count). The smallest absolute Gasteiger partial charge is 0.0331 e. The van der Waals surface area contributed by atoms with Gasteiger partial charge in [-0.25, -0.2) is 0 Å². The van der Waals surface area contributed by atoms with Crippen LogP contribution in [0, 0.1) is 5.92 Å². The lowest BCUT2D eigenvalue weighted by atomic mass is 9.86. The van der Waals surface area contributed by atoms with E-state index in [0.717, 1.165) is 12.5 Å². The second kappa shape index (κ2) is 8.16. The van der Waals surface area contributed by atoms with Crippen LogP contribution >= 0.6 is 0 Å². The van der Waals surface area contributed by atoms with Crippen LogP contribution in [-0.2, 0) is 0 Å². The average molecular weight is 254 g/mol. The highest BCUT2D eigenvalue weighted by Crippen LogP contribution is 2.31. The first-order chi connectivity index (χ1) is 8.72. The topological polar surface area (TPSA) is 29.3 Å². The number of rotatable bonds is 7. The number of hydrogen-bond donors (Lipinski definition) is 1. The van der Waals surface area contributed by atoms with Crippen molar-refractivity contribution in [2.75, 3.05) is 19.6 Å². The fraction of sp³-hybridized carbons (Fsp3) is 1.00. The molecule has 1 saturated heterocycles. The first-order valence-corrected chi connectivity index (χ1v) is 8.17. The molecular weight excluding hydrogens is 220 g/mol. The molecule has 1 heterocycles. The molecule has 1 unspecified atom stereocenters. The van der Waals surface area contributed by atoms with Gasteiger partial charge >= 0.3 is 0 Å². The van der Waals surface area contributed by atoms with E-state index in [1.165, 1.54) is 64.5 Å². The van der Waals surface area contributed by atoms with E-state index in [4.69, 9.17) is 5.73 Å². The molecule has 0 aromatic carbocycles. The van der Waals surface area contributed by atoms with Crippen LogP contribution in [-0.4, -0.2) is 30.1 Å². The third-order valence-electron chi connectivity index (χ3n) is 4.91. The Morgan fingerprint density at radius 3 is 2.22 bits per heavy atom. The standard InChI is InChI=1S/C16H34N2/c1-4-10-16(14-17,11-5-2)18-12-7-8-15(6-3)9-13-18/h15H,4-14,17H2,1-3H3. The van der Waals surface area contributed by atoms with Crippen molar-refractivity contribution in [1.29, 1.82) is 0 Å². The Labute approximate surface area is 114 Å². The van der Waals surface area contributed by atoms with Gasteiger partial charge < -0.3 is 5.73 Å². The van der Waals surface area contributed by atoms with Crippen molar-refractivity contribution in [3.8, 4) is 0 Å². The molecule has 1 fully saturated rings. The second-order valence-corrected chi connectivity index (χ2v) is 6.12. The number of nitrogens with two attached hydrogens (primary N) is 1. The minimum atomic E-state index is 0.298. The summed E-state index contributed by atoms with van der Waals surface area (Å²) in [5, 5.41) is 0. The Bertz CT molecular complexity index is 209. The Kier molecular flexibility index (Phi) is 7.25. The maximum Gasteiger partial charge on any atom is 0.0331 e. The molecule has 18 heavy (non-hydrogen) atoms. The van der Waals surface area contributed by atoms with Gasteiger partial charge in [-0.15, -0.1) is 0 Å². The normalized spacial score (nSPS) is 23.0. The quantitative estimate of drug-likeness (QED) is 0.749. The van der Waals surface area contributed by atoms with Gasteiger partial charge in [0.25, 0.3) is 0 Å². The van der Waals surface area contributed by atoms with Crippen LogP contribution < -0.4 is 5.73 Å². The van der Waals surface area contributed by atoms with E-state index in [-0.39, 0.29) is 0 Å². The average Bonchev–Trinajstić information content (AvgIpc) is 2.64. The van der Waals surface area contributed by atoms with Crippen molar-refractivity contribution in [2.45, 2.75) is 77.7 Å². The molecule has 0 radical (unpaired) electrons. The van der Waals surface area contributed by atoms with E-state index in [0.29, 0.717) is 5.54 Å². The van der Waals surface area contributed by atoms with E-state index in [9.17, 15) is 0 Å². The molecule has 2 nitrogen and oxygen atoms in total. The highest BCUT2D eigenvalue weighted by atomic mass is 15.2. The number of hydrogen-bond acceptors (Lipinski definition) is 2. The monoisotopic (exact) mass is 254 g/mol. The SMILES string of the molecule is CCCC(CN)(CCC)N1CCCC(CC)CC1. The summed E-state index contributed by atoms with van der Waals surface area (Å²) in [5.41, 5.74) is 6.49. The van der Waals surface area contributed by atoms with Crippen molar-refractivity contribution in [1.82, 2.24) is 4.90 Å². The van der Waals surface area contributed by atoms with Gasteiger partial charge in [0.1, 0.15) is 0 Å². The van der Waals surface area contributed by atoms with Gasteiger partial charge in [0.05, 0.1) is 0 Å². The summed E-state index contributed by atoms with van der Waals surface area (Å²) < 4.78 is 0. The molecule has 1 atom stereocenters. The zero-order valence-corrected chi connectivity index (χ0v) is 12.9. The lowest BCUT2D eigenvalue weighted by Crippen LogP contribution is -2.54. The fourth-order valence-electron chi connectivity index (χ4n) is 3.75. The van der Waals surface area contributed by atoms with Gasteiger partial charge in [-0.05, 0) is 51.1 Å². The zero-order chi connectivity index (χ0) is 13.4. The Morgan fingerprint density at radius 2 is 1.72 bits per heavy atom. The molecular formula is C16H34N2. The highest BCUT2D eigenvalue weighted by molar-refractivity contribution is 4.92. The molecule has 1 aliphatic rings. The van der Waals surface area contributed by atoms with Crippen molar-refractivity contribution < 1.29 is 0 Å². The van der Waals surface area contributed by atoms with Gasteiger partial charge in [-0.3, -0.25) is 4.90 Å². The molecule has 2 heteroatoms. The minimum Gasteiger partial charge on any atom is -0.329 e. The van der Waals surface area contributed by atoms with Crippen molar-refractivity contribution in [2.24, 2.45) is 11.7 Å². The molecule has 0 bridgehead atoms. The van der Waals surface area contributed by atoms with Crippen molar-refractivity contribution in [3.63, 3.8) is 0 Å². The number of nitrogens with zero attached hydrogens (tertiary/aromatic N) is 1. The minimum absolute atomic E-state index is 0.298. The van der Waals surface area contributed by atoms with Crippen LogP contribution in [0.5, 0.6) is 0 Å². The van der Waals surface area contributed by atoms with Gasteiger partial charge in [-0.1, -0.05) is 40.0 Å². The first-order valence-electron chi connectivity index (χ1n) is 8.17. The largest absolute Gasteiger partial charge is 0.329 e. The van der Waals surface area contributed by atoms with Crippen LogP contribution in [0.4, 0.5) is 0 Å². The van der Waals surface area contributed by atoms with Crippen LogP contribution in [0.2, 0.25) is 0 Å². The van der Waals surface area contributed by atoms with Crippen LogP contribution in [0.15, 0.2) is 0 Å². The van der Waals surface area contributed by atoms with E-state index in [1.54, 1.807) is 0 Å². The van der Waals surface area contributed by atoms with Gasteiger partial charge in [0.15, 0.2) is 0 Å². The van der Waals surface area contributed by atoms with Crippen molar-refractivity contribution in [3.05, 3.63) is 0 Å². The summed E-state index contributed by atoms with van der Waals surface area (Å²) >= 11 is 0. The molecule has 0 aromatic heterocycles. The molecule has 0 spiro atoms. The van der Waals surface area contributed by atoms with Crippen LogP contribution in [0.1, 0.15) is 72.1 Å². The molecule has 0 aromatic rings. The highest BCUT2D eigenvalue weighted by Gasteiger charge is 2.34. The van der Waals surface area contributed by atoms with Crippen LogP contribution in [0.25, 0.3) is 0 Å². The van der Waals surface area contributed by atoms with Gasteiger partial charge in [0, 0.05) is 12.1 Å². The molecule has 108 valence electrons. The van der Waals surface area contributed by atoms with E-state index in [2.05, 4.69) is 25.7 Å². The lowest BCUT2D eigenvalue weighted by Gasteiger charge is -2.43. The first kappa shape index (κ1) is 16.0. The summed E-state index contributed by atoms with van der Waals surface area (Å²) in [4.78, 5) is 2.75. The molecule has 0 amide bonds. The third-order valence-corrected chi connectivity index (χ3v) is 4.91. The summed E-state index contributed by atoms with van der Waals surface area (Å²) in [6, 6.07) is 0. The summed E-state index contributed by atoms with van der Waals surface area (Å²) in [5.74, 6) is 0.953. The Morgan fingerprint density at radius 1 is 1.06 bits per heavy atom. The second-order valence-electron chi connectivity index (χ2n) is 6.12. The third kappa shape index (κ3) is 3.96. The Balaban J connectivity index is 2.71. The van der Waals surface area contributed by atoms with Gasteiger partial charge in [-0.2, -0.15) is 0 Å². The molecule has 1 aliphatic heterocycles. The van der Waals surface area contributed by atoms with E-state index < -0.39 is 0 Å². The predicted molar refractivity (Wildman–Crippen MR) is 80.8 cm³/mol. The zero-order valence-electron chi connectivity index (χ0n) is 12.9. The van der Waals surface area contributed by atoms with Crippen molar-refractivity contribution >= 4 is 0 Å².